The monoisotopic (exact) mass is 486 g/mol. The molecule has 0 saturated heterocycles. The van der Waals surface area contributed by atoms with Crippen molar-refractivity contribution in [3.63, 3.8) is 0 Å². The van der Waals surface area contributed by atoms with E-state index in [2.05, 4.69) is 0 Å². The van der Waals surface area contributed by atoms with Gasteiger partial charge in [0.15, 0.2) is 11.5 Å². The molecule has 0 fully saturated rings. The Kier molecular flexibility index (Phi) is 5.44. The Labute approximate surface area is 204 Å². The van der Waals surface area contributed by atoms with Crippen molar-refractivity contribution >= 4 is 21.9 Å². The summed E-state index contributed by atoms with van der Waals surface area (Å²) in [4.78, 5) is 26.5. The zero-order valence-corrected chi connectivity index (χ0v) is 19.7. The Bertz CT molecular complexity index is 1670. The van der Waals surface area contributed by atoms with Crippen molar-refractivity contribution < 1.29 is 28.9 Å². The molecule has 0 atom stereocenters. The molecular weight excluding hydrogens is 464 g/mol. The Balaban J connectivity index is 1.93. The highest BCUT2D eigenvalue weighted by Crippen LogP contribution is 2.43. The van der Waals surface area contributed by atoms with Crippen LogP contribution in [-0.2, 0) is 0 Å². The van der Waals surface area contributed by atoms with E-state index in [1.54, 1.807) is 36.4 Å². The van der Waals surface area contributed by atoms with Gasteiger partial charge in [0.2, 0.25) is 0 Å². The maximum absolute atomic E-state index is 13.3. The summed E-state index contributed by atoms with van der Waals surface area (Å²) in [6.45, 7) is 3.64. The number of ether oxygens (including phenoxy) is 1. The maximum atomic E-state index is 13.3. The minimum atomic E-state index is -1.32. The van der Waals surface area contributed by atoms with Crippen LogP contribution < -0.4 is 16.0 Å². The lowest BCUT2D eigenvalue weighted by molar-refractivity contribution is 0.372. The summed E-state index contributed by atoms with van der Waals surface area (Å²) in [6, 6.07) is 14.1. The minimum absolute atomic E-state index is 0.0681. The summed E-state index contributed by atoms with van der Waals surface area (Å²) in [5.74, 6) is -2.22. The van der Waals surface area contributed by atoms with Gasteiger partial charge in [0.1, 0.15) is 22.7 Å². The molecule has 2 aromatic heterocycles. The van der Waals surface area contributed by atoms with E-state index in [9.17, 15) is 24.9 Å². The highest BCUT2D eigenvalue weighted by atomic mass is 16.5. The second-order valence-corrected chi connectivity index (χ2v) is 8.67. The largest absolute Gasteiger partial charge is 0.507 e. The molecule has 8 nitrogen and oxygen atoms in total. The predicted octanol–water partition coefficient (Wildman–Crippen LogP) is 4.82. The summed E-state index contributed by atoms with van der Waals surface area (Å²) in [5, 5.41) is 33.3. The zero-order chi connectivity index (χ0) is 25.7. The molecule has 0 spiro atoms. The maximum Gasteiger partial charge on any atom is 0.344 e. The molecule has 182 valence electrons. The Morgan fingerprint density at radius 2 is 1.22 bits per heavy atom. The first kappa shape index (κ1) is 23.0. The number of hydrogen-bond acceptors (Lipinski definition) is 8. The number of aryl methyl sites for hydroxylation is 2. The second kappa shape index (κ2) is 8.49. The van der Waals surface area contributed by atoms with Crippen LogP contribution in [0.1, 0.15) is 33.7 Å². The smallest absolute Gasteiger partial charge is 0.344 e. The molecule has 0 aliphatic rings. The molecule has 0 amide bonds. The summed E-state index contributed by atoms with van der Waals surface area (Å²) < 4.78 is 16.2. The first-order valence-electron chi connectivity index (χ1n) is 11.1. The number of phenolic OH excluding ortho intramolecular Hbond substituents is 1. The molecule has 5 rings (SSSR count). The van der Waals surface area contributed by atoms with Gasteiger partial charge in [0.25, 0.3) is 0 Å². The molecule has 0 radical (unpaired) electrons. The summed E-state index contributed by atoms with van der Waals surface area (Å²) in [6.07, 6.45) is 0. The summed E-state index contributed by atoms with van der Waals surface area (Å²) in [5.41, 5.74) is -0.112. The lowest BCUT2D eigenvalue weighted by atomic mass is 9.84. The van der Waals surface area contributed by atoms with Gasteiger partial charge in [-0.05, 0) is 55.8 Å². The topological polar surface area (TPSA) is 130 Å². The third kappa shape index (κ3) is 3.63. The quantitative estimate of drug-likeness (QED) is 0.308. The fraction of sp³-hybridized carbons (Fsp3) is 0.143. The minimum Gasteiger partial charge on any atom is -0.507 e. The molecule has 0 aliphatic carbocycles. The number of aromatic hydroxyl groups is 3. The van der Waals surface area contributed by atoms with Gasteiger partial charge in [-0.15, -0.1) is 0 Å². The van der Waals surface area contributed by atoms with Crippen molar-refractivity contribution in [3.05, 3.63) is 103 Å². The van der Waals surface area contributed by atoms with E-state index < -0.39 is 28.7 Å². The standard InChI is InChI=1S/C28H22O8/c1-13-4-8-19-16(10-13)25(30)23(27(32)35-19)22(15-6-7-18(29)21(12-15)34-3)24-26(31)17-11-14(2)5-9-20(17)36-28(24)33/h4-12,22,29-31H,1-3H3. The molecular formula is C28H22O8. The van der Waals surface area contributed by atoms with E-state index in [0.29, 0.717) is 0 Å². The van der Waals surface area contributed by atoms with Crippen molar-refractivity contribution in [1.29, 1.82) is 0 Å². The zero-order valence-electron chi connectivity index (χ0n) is 19.7. The van der Waals surface area contributed by atoms with Crippen LogP contribution >= 0.6 is 0 Å². The molecule has 3 aromatic carbocycles. The van der Waals surface area contributed by atoms with Crippen LogP contribution in [0.3, 0.4) is 0 Å². The van der Waals surface area contributed by atoms with Crippen LogP contribution in [0.25, 0.3) is 21.9 Å². The number of fused-ring (bicyclic) bond motifs is 2. The Morgan fingerprint density at radius 1 is 0.722 bits per heavy atom. The average Bonchev–Trinajstić information content (AvgIpc) is 2.84. The van der Waals surface area contributed by atoms with Crippen molar-refractivity contribution in [1.82, 2.24) is 0 Å². The van der Waals surface area contributed by atoms with Crippen LogP contribution in [0.2, 0.25) is 0 Å². The Hall–Kier alpha value is -4.72. The van der Waals surface area contributed by atoms with Crippen LogP contribution in [0.4, 0.5) is 0 Å². The van der Waals surface area contributed by atoms with Gasteiger partial charge in [0.05, 0.1) is 34.9 Å². The van der Waals surface area contributed by atoms with E-state index >= 15 is 0 Å². The summed E-state index contributed by atoms with van der Waals surface area (Å²) >= 11 is 0. The van der Waals surface area contributed by atoms with E-state index in [1.807, 2.05) is 13.8 Å². The van der Waals surface area contributed by atoms with E-state index in [4.69, 9.17) is 13.6 Å². The lowest BCUT2D eigenvalue weighted by Crippen LogP contribution is -2.21. The molecule has 2 heterocycles. The van der Waals surface area contributed by atoms with Gasteiger partial charge in [-0.1, -0.05) is 29.3 Å². The molecule has 3 N–H and O–H groups in total. The van der Waals surface area contributed by atoms with E-state index in [1.165, 1.54) is 25.3 Å². The van der Waals surface area contributed by atoms with Gasteiger partial charge in [0, 0.05) is 0 Å². The van der Waals surface area contributed by atoms with Crippen LogP contribution in [0.5, 0.6) is 23.0 Å². The lowest BCUT2D eigenvalue weighted by Gasteiger charge is -2.20. The van der Waals surface area contributed by atoms with Crippen molar-refractivity contribution in [2.45, 2.75) is 19.8 Å². The van der Waals surface area contributed by atoms with Crippen molar-refractivity contribution in [2.75, 3.05) is 7.11 Å². The molecule has 36 heavy (non-hydrogen) atoms. The number of phenols is 1. The van der Waals surface area contributed by atoms with Gasteiger partial charge in [-0.25, -0.2) is 9.59 Å². The highest BCUT2D eigenvalue weighted by Gasteiger charge is 2.33. The Morgan fingerprint density at radius 3 is 1.69 bits per heavy atom. The molecule has 5 aromatic rings. The molecule has 0 unspecified atom stereocenters. The highest BCUT2D eigenvalue weighted by molar-refractivity contribution is 5.87. The molecule has 8 heteroatoms. The third-order valence-corrected chi connectivity index (χ3v) is 6.25. The number of methoxy groups -OCH3 is 1. The van der Waals surface area contributed by atoms with Crippen LogP contribution in [0.15, 0.2) is 73.0 Å². The summed E-state index contributed by atoms with van der Waals surface area (Å²) in [7, 11) is 1.35. The van der Waals surface area contributed by atoms with Gasteiger partial charge in [-0.2, -0.15) is 0 Å². The fourth-order valence-corrected chi connectivity index (χ4v) is 4.49. The predicted molar refractivity (Wildman–Crippen MR) is 133 cm³/mol. The van der Waals surface area contributed by atoms with Gasteiger partial charge in [-0.3, -0.25) is 0 Å². The van der Waals surface area contributed by atoms with Crippen molar-refractivity contribution in [2.24, 2.45) is 0 Å². The number of hydrogen-bond donors (Lipinski definition) is 3. The van der Waals surface area contributed by atoms with Gasteiger partial charge >= 0.3 is 11.3 Å². The van der Waals surface area contributed by atoms with Crippen LogP contribution in [-0.4, -0.2) is 22.4 Å². The van der Waals surface area contributed by atoms with E-state index in [-0.39, 0.29) is 50.1 Å². The van der Waals surface area contributed by atoms with E-state index in [0.717, 1.165) is 11.1 Å². The normalized spacial score (nSPS) is 11.4. The number of benzene rings is 3. The van der Waals surface area contributed by atoms with Gasteiger partial charge < -0.3 is 28.9 Å². The second-order valence-electron chi connectivity index (χ2n) is 8.67. The number of rotatable bonds is 4. The molecule has 0 bridgehead atoms. The SMILES string of the molecule is COc1cc(C(c2c(O)c3cc(C)ccc3oc2=O)c2c(O)c3cc(C)ccc3oc2=O)ccc1O. The van der Waals surface area contributed by atoms with Crippen molar-refractivity contribution in [3.8, 4) is 23.0 Å². The first-order chi connectivity index (χ1) is 17.2. The third-order valence-electron chi connectivity index (χ3n) is 6.25. The molecule has 0 aliphatic heterocycles. The molecule has 0 saturated carbocycles. The first-order valence-corrected chi connectivity index (χ1v) is 11.1. The average molecular weight is 486 g/mol. The van der Waals surface area contributed by atoms with Crippen LogP contribution in [0, 0.1) is 13.8 Å². The fourth-order valence-electron chi connectivity index (χ4n) is 4.49.